The van der Waals surface area contributed by atoms with Crippen LogP contribution in [0.25, 0.3) is 26.8 Å². The SMILES string of the molecule is Cc1ncsc1-c1ccc([C@H](C)NC(=O)[C@@H]2C[C@@H](O)CN2C(=O)C(NC(=O)COCOCc2cnc(-c3ccc([C@H](C)NC(=O)C[C@@H]4N=C(c5ccc(Cl)cc5)c5c(sc(C)c5C)-n5c(C)nnc54)cc3)nc2)C(C)(C)C)cc1. The average Bonchev–Trinajstić information content (AvgIpc) is 4.32. The fourth-order valence-corrected chi connectivity index (χ4v) is 11.9. The molecule has 0 radical (unpaired) electrons. The second kappa shape index (κ2) is 24.1. The summed E-state index contributed by atoms with van der Waals surface area (Å²) < 4.78 is 13.2. The van der Waals surface area contributed by atoms with Gasteiger partial charge in [-0.1, -0.05) is 93.0 Å². The van der Waals surface area contributed by atoms with Crippen LogP contribution >= 0.6 is 34.3 Å². The molecule has 79 heavy (non-hydrogen) atoms. The number of carbonyl (C=O) groups excluding carboxylic acids is 4. The molecule has 1 fully saturated rings. The van der Waals surface area contributed by atoms with Gasteiger partial charge in [-0.25, -0.2) is 15.0 Å². The van der Waals surface area contributed by atoms with Gasteiger partial charge in [-0.2, -0.15) is 0 Å². The number of β-amino-alcohol motifs (C(OH)–C–C–N with tert-alkyl or cyclic N) is 1. The minimum Gasteiger partial charge on any atom is -0.391 e. The number of hydrogen-bond acceptors (Lipinski definition) is 15. The van der Waals surface area contributed by atoms with E-state index in [0.717, 1.165) is 70.9 Å². The van der Waals surface area contributed by atoms with Crippen LogP contribution in [0.2, 0.25) is 5.02 Å². The summed E-state index contributed by atoms with van der Waals surface area (Å²) in [6.45, 7) is 16.8. The number of fused-ring (bicyclic) bond motifs is 3. The highest BCUT2D eigenvalue weighted by Gasteiger charge is 2.45. The summed E-state index contributed by atoms with van der Waals surface area (Å²) in [6.07, 6.45) is 2.52. The van der Waals surface area contributed by atoms with E-state index in [1.54, 1.807) is 35.1 Å². The summed E-state index contributed by atoms with van der Waals surface area (Å²) in [6, 6.07) is 19.9. The van der Waals surface area contributed by atoms with E-state index < -0.39 is 47.4 Å². The predicted molar refractivity (Wildman–Crippen MR) is 304 cm³/mol. The number of likely N-dealkylation sites (tertiary alicyclic amines) is 1. The quantitative estimate of drug-likeness (QED) is 0.0467. The third-order valence-corrected chi connectivity index (χ3v) is 16.6. The maximum atomic E-state index is 14.1. The lowest BCUT2D eigenvalue weighted by molar-refractivity contribution is -0.146. The minimum absolute atomic E-state index is 0.0462. The number of nitrogens with one attached hydrogen (secondary N) is 3. The number of amides is 4. The van der Waals surface area contributed by atoms with Crippen LogP contribution in [0.4, 0.5) is 0 Å². The molecule has 9 rings (SSSR count). The largest absolute Gasteiger partial charge is 0.391 e. The van der Waals surface area contributed by atoms with Crippen molar-refractivity contribution in [2.24, 2.45) is 10.4 Å². The van der Waals surface area contributed by atoms with E-state index in [-0.39, 0.29) is 57.4 Å². The van der Waals surface area contributed by atoms with E-state index in [9.17, 15) is 24.3 Å². The predicted octanol–water partition coefficient (Wildman–Crippen LogP) is 8.82. The number of aryl methyl sites for hydroxylation is 3. The average molecular weight is 1130 g/mol. The number of rotatable bonds is 18. The summed E-state index contributed by atoms with van der Waals surface area (Å²) in [5.41, 5.74) is 10.1. The Balaban J connectivity index is 0.735. The number of carbonyl (C=O) groups is 4. The number of thiophene rings is 1. The van der Waals surface area contributed by atoms with Gasteiger partial charge >= 0.3 is 0 Å². The lowest BCUT2D eigenvalue weighted by atomic mass is 9.85. The molecule has 0 aliphatic carbocycles. The van der Waals surface area contributed by atoms with Crippen LogP contribution < -0.4 is 16.0 Å². The Hall–Kier alpha value is -7.07. The molecule has 0 spiro atoms. The van der Waals surface area contributed by atoms with Crippen molar-refractivity contribution in [3.63, 3.8) is 0 Å². The third kappa shape index (κ3) is 12.9. The molecule has 6 heterocycles. The minimum atomic E-state index is -1.02. The van der Waals surface area contributed by atoms with Crippen LogP contribution in [0.5, 0.6) is 0 Å². The molecule has 7 aromatic rings. The number of aliphatic hydroxyl groups is 1. The molecule has 2 aliphatic rings. The van der Waals surface area contributed by atoms with Gasteiger partial charge in [-0.15, -0.1) is 32.9 Å². The van der Waals surface area contributed by atoms with E-state index in [4.69, 9.17) is 26.1 Å². The van der Waals surface area contributed by atoms with Crippen molar-refractivity contribution in [1.29, 1.82) is 0 Å². The summed E-state index contributed by atoms with van der Waals surface area (Å²) in [5, 5.41) is 30.2. The Bertz CT molecular complexity index is 3370. The molecule has 4 N–H and O–H groups in total. The van der Waals surface area contributed by atoms with Gasteiger partial charge in [-0.3, -0.25) is 28.7 Å². The molecule has 3 aromatic carbocycles. The maximum Gasteiger partial charge on any atom is 0.246 e. The zero-order chi connectivity index (χ0) is 56.3. The van der Waals surface area contributed by atoms with Crippen molar-refractivity contribution in [3.05, 3.63) is 151 Å². The zero-order valence-electron chi connectivity index (χ0n) is 45.5. The van der Waals surface area contributed by atoms with Crippen molar-refractivity contribution in [3.8, 4) is 26.8 Å². The Labute approximate surface area is 472 Å². The third-order valence-electron chi connectivity index (χ3n) is 14.2. The van der Waals surface area contributed by atoms with Crippen LogP contribution in [0.15, 0.2) is 95.7 Å². The van der Waals surface area contributed by atoms with Crippen LogP contribution in [0.1, 0.15) is 121 Å². The van der Waals surface area contributed by atoms with Gasteiger partial charge in [0.05, 0.1) is 53.0 Å². The van der Waals surface area contributed by atoms with Crippen molar-refractivity contribution in [2.45, 2.75) is 118 Å². The van der Waals surface area contributed by atoms with Crippen LogP contribution in [-0.4, -0.2) is 107 Å². The summed E-state index contributed by atoms with van der Waals surface area (Å²) in [4.78, 5) is 77.1. The van der Waals surface area contributed by atoms with Gasteiger partial charge < -0.3 is 35.4 Å². The number of nitrogens with zero attached hydrogens (tertiary/aromatic N) is 8. The zero-order valence-corrected chi connectivity index (χ0v) is 47.9. The first-order chi connectivity index (χ1) is 37.7. The number of aliphatic hydroxyl groups excluding tert-OH is 1. The molecule has 4 amide bonds. The standard InChI is InChI=1S/C58H64ClN11O7S2/c1-31-35(5)79-57-49(31)50(40-18-20-43(59)21-19-40)65-45(54-68-67-36(6)70(54)57)23-47(72)63-32(2)38-12-16-42(17-13-38)53-60-24-37(25-61-53)27-76-30-77-28-48(73)66-52(58(7,8)9)56(75)69-26-44(71)22-46(69)55(74)64-33(3)39-10-14-41(15-11-39)51-34(4)62-29-78-51/h10-21,24-25,29,32-33,44-46,52,71H,22-23,26-28,30H2,1-9H3,(H,63,72)(H,64,74)(H,66,73)/t32-,33-,44+,45-,46-,52?/m0/s1. The molecule has 4 aromatic heterocycles. The monoisotopic (exact) mass is 1130 g/mol. The van der Waals surface area contributed by atoms with Crippen molar-refractivity contribution in [1.82, 2.24) is 50.6 Å². The van der Waals surface area contributed by atoms with E-state index in [0.29, 0.717) is 22.2 Å². The van der Waals surface area contributed by atoms with Crippen LogP contribution in [0.3, 0.4) is 0 Å². The highest BCUT2D eigenvalue weighted by atomic mass is 35.5. The molecule has 2 aliphatic heterocycles. The molecular weight excluding hydrogens is 1060 g/mol. The molecule has 1 unspecified atom stereocenters. The number of aliphatic imine (C=N–C) groups is 1. The Morgan fingerprint density at radius 2 is 1.46 bits per heavy atom. The second-order valence-corrected chi connectivity index (χ2v) is 23.6. The molecular formula is C58H64ClN11O7S2. The normalized spacial score (nSPS) is 17.2. The number of aromatic nitrogens is 6. The van der Waals surface area contributed by atoms with Gasteiger partial charge in [0, 0.05) is 57.5 Å². The van der Waals surface area contributed by atoms with E-state index in [1.807, 2.05) is 131 Å². The fourth-order valence-electron chi connectivity index (χ4n) is 9.76. The first-order valence-corrected chi connectivity index (χ1v) is 28.1. The van der Waals surface area contributed by atoms with Crippen molar-refractivity contribution >= 4 is 63.6 Å². The number of benzene rings is 3. The lowest BCUT2D eigenvalue weighted by Crippen LogP contribution is -2.58. The molecule has 0 bridgehead atoms. The summed E-state index contributed by atoms with van der Waals surface area (Å²) in [7, 11) is 0. The van der Waals surface area contributed by atoms with E-state index >= 15 is 0 Å². The Morgan fingerprint density at radius 3 is 2.10 bits per heavy atom. The highest BCUT2D eigenvalue weighted by molar-refractivity contribution is 7.15. The molecule has 18 nitrogen and oxygen atoms in total. The van der Waals surface area contributed by atoms with Crippen LogP contribution in [-0.2, 0) is 35.3 Å². The highest BCUT2D eigenvalue weighted by Crippen LogP contribution is 2.40. The first-order valence-electron chi connectivity index (χ1n) is 26.0. The van der Waals surface area contributed by atoms with E-state index in [1.165, 1.54) is 4.90 Å². The number of ether oxygens (including phenoxy) is 2. The van der Waals surface area contributed by atoms with Gasteiger partial charge in [0.1, 0.15) is 42.4 Å². The summed E-state index contributed by atoms with van der Waals surface area (Å²) >= 11 is 9.50. The van der Waals surface area contributed by atoms with Gasteiger partial charge in [0.15, 0.2) is 11.6 Å². The molecule has 412 valence electrons. The number of hydrogen-bond donors (Lipinski definition) is 4. The molecule has 6 atom stereocenters. The molecule has 21 heteroatoms. The Kier molecular flexibility index (Phi) is 17.3. The van der Waals surface area contributed by atoms with Gasteiger partial charge in [-0.05, 0) is 81.3 Å². The van der Waals surface area contributed by atoms with Crippen LogP contribution in [0, 0.1) is 33.1 Å². The summed E-state index contributed by atoms with van der Waals surface area (Å²) in [5.74, 6) is 0.224. The molecule has 1 saturated heterocycles. The topological polar surface area (TPSA) is 228 Å². The van der Waals surface area contributed by atoms with E-state index in [2.05, 4.69) is 54.9 Å². The Morgan fingerprint density at radius 1 is 0.810 bits per heavy atom. The fraction of sp³-hybridized carbons (Fsp3) is 0.379. The molecule has 0 saturated carbocycles. The van der Waals surface area contributed by atoms with Gasteiger partial charge in [0.25, 0.3) is 0 Å². The van der Waals surface area contributed by atoms with Gasteiger partial charge in [0.2, 0.25) is 23.6 Å². The number of halogens is 1. The van der Waals surface area contributed by atoms with Crippen molar-refractivity contribution in [2.75, 3.05) is 19.9 Å². The maximum absolute atomic E-state index is 14.1. The second-order valence-electron chi connectivity index (χ2n) is 21.1. The lowest BCUT2D eigenvalue weighted by Gasteiger charge is -2.35. The smallest absolute Gasteiger partial charge is 0.246 e. The first kappa shape index (κ1) is 56.6. The van der Waals surface area contributed by atoms with Crippen molar-refractivity contribution < 1.29 is 33.8 Å². The number of thiazole rings is 1.